The smallest absolute Gasteiger partial charge is 0.262 e. The van der Waals surface area contributed by atoms with E-state index in [2.05, 4.69) is 15.1 Å². The van der Waals surface area contributed by atoms with E-state index in [0.29, 0.717) is 22.9 Å². The van der Waals surface area contributed by atoms with Gasteiger partial charge in [-0.1, -0.05) is 5.16 Å². The Morgan fingerprint density at radius 2 is 2.21 bits per heavy atom. The molecule has 0 fully saturated rings. The van der Waals surface area contributed by atoms with Crippen molar-refractivity contribution in [3.63, 3.8) is 0 Å². The van der Waals surface area contributed by atoms with Gasteiger partial charge in [0.05, 0.1) is 5.56 Å². The van der Waals surface area contributed by atoms with Gasteiger partial charge >= 0.3 is 0 Å². The lowest BCUT2D eigenvalue weighted by Gasteiger charge is -1.99. The molecular weight excluding hydrogens is 246 g/mol. The second kappa shape index (κ2) is 4.13. The van der Waals surface area contributed by atoms with Crippen molar-refractivity contribution in [3.05, 3.63) is 30.6 Å². The van der Waals surface area contributed by atoms with Gasteiger partial charge in [-0.05, 0) is 12.1 Å². The van der Waals surface area contributed by atoms with Crippen LogP contribution < -0.4 is 5.73 Å². The molecule has 96 valence electrons. The van der Waals surface area contributed by atoms with Crippen LogP contribution in [0.2, 0.25) is 0 Å². The SMILES string of the molecule is Cn1ccnc1-c1noc(-c2ccc(N)cc2O)n1. The van der Waals surface area contributed by atoms with Gasteiger partial charge < -0.3 is 19.9 Å². The van der Waals surface area contributed by atoms with E-state index >= 15 is 0 Å². The molecule has 3 N–H and O–H groups in total. The van der Waals surface area contributed by atoms with Gasteiger partial charge in [0.25, 0.3) is 5.89 Å². The molecule has 2 heterocycles. The van der Waals surface area contributed by atoms with Gasteiger partial charge in [-0.25, -0.2) is 4.98 Å². The Morgan fingerprint density at radius 1 is 1.37 bits per heavy atom. The third-order valence-corrected chi connectivity index (χ3v) is 2.70. The summed E-state index contributed by atoms with van der Waals surface area (Å²) >= 11 is 0. The van der Waals surface area contributed by atoms with Crippen molar-refractivity contribution in [1.29, 1.82) is 0 Å². The Bertz CT molecular complexity index is 731. The number of aromatic nitrogens is 4. The number of phenolic OH excluding ortho intramolecular Hbond substituents is 1. The second-order valence-electron chi connectivity index (χ2n) is 4.06. The fraction of sp³-hybridized carbons (Fsp3) is 0.0833. The highest BCUT2D eigenvalue weighted by Gasteiger charge is 2.16. The molecular formula is C12H11N5O2. The molecule has 3 aromatic rings. The first-order valence-corrected chi connectivity index (χ1v) is 5.55. The Kier molecular flexibility index (Phi) is 2.45. The topological polar surface area (TPSA) is 103 Å². The standard InChI is InChI=1S/C12H11N5O2/c1-17-5-4-14-11(17)10-15-12(19-16-10)8-3-2-7(13)6-9(8)18/h2-6,18H,13H2,1H3. The summed E-state index contributed by atoms with van der Waals surface area (Å²) in [5, 5.41) is 13.7. The summed E-state index contributed by atoms with van der Waals surface area (Å²) in [5.41, 5.74) is 6.46. The molecule has 3 rings (SSSR count). The van der Waals surface area contributed by atoms with E-state index < -0.39 is 0 Å². The van der Waals surface area contributed by atoms with Gasteiger partial charge in [0.2, 0.25) is 5.82 Å². The third kappa shape index (κ3) is 1.90. The average molecular weight is 257 g/mol. The van der Waals surface area contributed by atoms with Crippen molar-refractivity contribution < 1.29 is 9.63 Å². The number of nitrogens with zero attached hydrogens (tertiary/aromatic N) is 4. The van der Waals surface area contributed by atoms with Crippen LogP contribution in [0.15, 0.2) is 35.1 Å². The van der Waals surface area contributed by atoms with Crippen molar-refractivity contribution in [3.8, 4) is 28.9 Å². The lowest BCUT2D eigenvalue weighted by Crippen LogP contribution is -1.92. The summed E-state index contributed by atoms with van der Waals surface area (Å²) < 4.78 is 6.91. The number of aromatic hydroxyl groups is 1. The second-order valence-corrected chi connectivity index (χ2v) is 4.06. The van der Waals surface area contributed by atoms with Crippen LogP contribution in [0, 0.1) is 0 Å². The fourth-order valence-corrected chi connectivity index (χ4v) is 1.73. The van der Waals surface area contributed by atoms with Crippen molar-refractivity contribution >= 4 is 5.69 Å². The lowest BCUT2D eigenvalue weighted by molar-refractivity contribution is 0.425. The maximum atomic E-state index is 9.81. The first-order valence-electron chi connectivity index (χ1n) is 5.55. The Balaban J connectivity index is 2.04. The molecule has 0 unspecified atom stereocenters. The van der Waals surface area contributed by atoms with Gasteiger partial charge in [0, 0.05) is 31.2 Å². The number of rotatable bonds is 2. The van der Waals surface area contributed by atoms with Gasteiger partial charge in [-0.2, -0.15) is 4.98 Å². The number of phenols is 1. The van der Waals surface area contributed by atoms with E-state index in [1.165, 1.54) is 6.07 Å². The summed E-state index contributed by atoms with van der Waals surface area (Å²) in [7, 11) is 1.83. The van der Waals surface area contributed by atoms with E-state index in [-0.39, 0.29) is 11.6 Å². The molecule has 1 aromatic carbocycles. The Morgan fingerprint density at radius 3 is 2.89 bits per heavy atom. The maximum Gasteiger partial charge on any atom is 0.262 e. The highest BCUT2D eigenvalue weighted by atomic mass is 16.5. The molecule has 0 radical (unpaired) electrons. The van der Waals surface area contributed by atoms with Crippen molar-refractivity contribution in [2.75, 3.05) is 5.73 Å². The van der Waals surface area contributed by atoms with E-state index in [1.54, 1.807) is 29.1 Å². The van der Waals surface area contributed by atoms with E-state index in [0.717, 1.165) is 0 Å². The molecule has 19 heavy (non-hydrogen) atoms. The van der Waals surface area contributed by atoms with Crippen LogP contribution in [0.5, 0.6) is 5.75 Å². The minimum absolute atomic E-state index is 0.00459. The molecule has 0 spiro atoms. The number of nitrogens with two attached hydrogens (primary N) is 1. The summed E-state index contributed by atoms with van der Waals surface area (Å²) in [6.45, 7) is 0. The summed E-state index contributed by atoms with van der Waals surface area (Å²) in [5.74, 6) is 1.16. The first-order chi connectivity index (χ1) is 9.15. The van der Waals surface area contributed by atoms with E-state index in [9.17, 15) is 5.11 Å². The highest BCUT2D eigenvalue weighted by Crippen LogP contribution is 2.30. The molecule has 0 aliphatic carbocycles. The Labute approximate surface area is 108 Å². The predicted molar refractivity (Wildman–Crippen MR) is 68.0 cm³/mol. The minimum Gasteiger partial charge on any atom is -0.507 e. The summed E-state index contributed by atoms with van der Waals surface area (Å²) in [6.07, 6.45) is 3.43. The maximum absolute atomic E-state index is 9.81. The average Bonchev–Trinajstić information content (AvgIpc) is 2.97. The molecule has 0 saturated carbocycles. The minimum atomic E-state index is -0.00459. The normalized spacial score (nSPS) is 10.8. The van der Waals surface area contributed by atoms with Crippen LogP contribution in [0.25, 0.3) is 23.1 Å². The molecule has 2 aromatic heterocycles. The number of hydrogen-bond donors (Lipinski definition) is 2. The van der Waals surface area contributed by atoms with Crippen LogP contribution >= 0.6 is 0 Å². The monoisotopic (exact) mass is 257 g/mol. The highest BCUT2D eigenvalue weighted by molar-refractivity contribution is 5.67. The first kappa shape index (κ1) is 11.3. The number of hydrogen-bond acceptors (Lipinski definition) is 6. The molecule has 0 atom stereocenters. The zero-order valence-corrected chi connectivity index (χ0v) is 10.1. The number of imidazole rings is 1. The van der Waals surface area contributed by atoms with Crippen LogP contribution in [-0.4, -0.2) is 24.8 Å². The number of benzene rings is 1. The van der Waals surface area contributed by atoms with Gasteiger partial charge in [0.15, 0.2) is 5.82 Å². The third-order valence-electron chi connectivity index (χ3n) is 2.70. The van der Waals surface area contributed by atoms with Gasteiger partial charge in [-0.15, -0.1) is 0 Å². The zero-order chi connectivity index (χ0) is 13.4. The van der Waals surface area contributed by atoms with E-state index in [1.807, 2.05) is 7.05 Å². The van der Waals surface area contributed by atoms with Crippen LogP contribution in [0.4, 0.5) is 5.69 Å². The van der Waals surface area contributed by atoms with Crippen LogP contribution in [0.3, 0.4) is 0 Å². The molecule has 0 aliphatic rings. The molecule has 0 aliphatic heterocycles. The summed E-state index contributed by atoms with van der Waals surface area (Å²) in [4.78, 5) is 8.34. The van der Waals surface area contributed by atoms with E-state index in [4.69, 9.17) is 10.3 Å². The van der Waals surface area contributed by atoms with Crippen molar-refractivity contribution in [2.45, 2.75) is 0 Å². The Hall–Kier alpha value is -2.83. The van der Waals surface area contributed by atoms with Crippen molar-refractivity contribution in [2.24, 2.45) is 7.05 Å². The fourth-order valence-electron chi connectivity index (χ4n) is 1.73. The number of nitrogen functional groups attached to an aromatic ring is 1. The van der Waals surface area contributed by atoms with Crippen LogP contribution in [-0.2, 0) is 7.05 Å². The van der Waals surface area contributed by atoms with Gasteiger partial charge in [-0.3, -0.25) is 0 Å². The van der Waals surface area contributed by atoms with Crippen LogP contribution in [0.1, 0.15) is 0 Å². The molecule has 7 nitrogen and oxygen atoms in total. The lowest BCUT2D eigenvalue weighted by atomic mass is 10.2. The number of anilines is 1. The molecule has 0 amide bonds. The molecule has 0 saturated heterocycles. The molecule has 7 heteroatoms. The van der Waals surface area contributed by atoms with Crippen molar-refractivity contribution in [1.82, 2.24) is 19.7 Å². The summed E-state index contributed by atoms with van der Waals surface area (Å²) in [6, 6.07) is 4.71. The molecule has 0 bridgehead atoms. The zero-order valence-electron chi connectivity index (χ0n) is 10.1. The predicted octanol–water partition coefficient (Wildman–Crippen LogP) is 1.42. The quantitative estimate of drug-likeness (QED) is 0.673. The van der Waals surface area contributed by atoms with Gasteiger partial charge in [0.1, 0.15) is 5.75 Å². The largest absolute Gasteiger partial charge is 0.507 e. The number of aryl methyl sites for hydroxylation is 1.